The molecule has 0 N–H and O–H groups in total. The van der Waals surface area contributed by atoms with Crippen LogP contribution >= 0.6 is 0 Å². The molecule has 90 valence electrons. The van der Waals surface area contributed by atoms with E-state index in [1.54, 1.807) is 7.11 Å². The van der Waals surface area contributed by atoms with Gasteiger partial charge in [0, 0.05) is 18.1 Å². The van der Waals surface area contributed by atoms with Crippen LogP contribution in [-0.2, 0) is 6.54 Å². The van der Waals surface area contributed by atoms with Crippen molar-refractivity contribution in [3.63, 3.8) is 0 Å². The van der Waals surface area contributed by atoms with Gasteiger partial charge in [-0.25, -0.2) is 0 Å². The Bertz CT molecular complexity index is 509. The van der Waals surface area contributed by atoms with Crippen LogP contribution in [0.5, 0.6) is 5.75 Å². The summed E-state index contributed by atoms with van der Waals surface area (Å²) >= 11 is 0. The van der Waals surface area contributed by atoms with Crippen LogP contribution in [0.25, 0.3) is 10.9 Å². The SMILES string of the molecule is COc1cccc2c1ccn2CC1CCCC1. The van der Waals surface area contributed by atoms with E-state index in [4.69, 9.17) is 4.74 Å². The lowest BCUT2D eigenvalue weighted by molar-refractivity contribution is 0.419. The Morgan fingerprint density at radius 1 is 1.24 bits per heavy atom. The maximum absolute atomic E-state index is 5.40. The van der Waals surface area contributed by atoms with E-state index in [9.17, 15) is 0 Å². The van der Waals surface area contributed by atoms with Gasteiger partial charge < -0.3 is 9.30 Å². The summed E-state index contributed by atoms with van der Waals surface area (Å²) < 4.78 is 7.78. The van der Waals surface area contributed by atoms with Crippen LogP contribution in [0.3, 0.4) is 0 Å². The molecule has 1 saturated carbocycles. The van der Waals surface area contributed by atoms with Gasteiger partial charge in [0.2, 0.25) is 0 Å². The van der Waals surface area contributed by atoms with Gasteiger partial charge in [-0.3, -0.25) is 0 Å². The molecule has 1 aliphatic rings. The smallest absolute Gasteiger partial charge is 0.128 e. The topological polar surface area (TPSA) is 14.2 Å². The Morgan fingerprint density at radius 3 is 2.82 bits per heavy atom. The molecule has 2 nitrogen and oxygen atoms in total. The minimum Gasteiger partial charge on any atom is -0.496 e. The van der Waals surface area contributed by atoms with Gasteiger partial charge in [0.1, 0.15) is 5.75 Å². The van der Waals surface area contributed by atoms with E-state index in [0.717, 1.165) is 18.2 Å². The van der Waals surface area contributed by atoms with E-state index < -0.39 is 0 Å². The second-order valence-electron chi connectivity index (χ2n) is 5.01. The van der Waals surface area contributed by atoms with Crippen molar-refractivity contribution in [1.29, 1.82) is 0 Å². The summed E-state index contributed by atoms with van der Waals surface area (Å²) in [4.78, 5) is 0. The average molecular weight is 229 g/mol. The lowest BCUT2D eigenvalue weighted by atomic mass is 10.1. The second-order valence-corrected chi connectivity index (χ2v) is 5.01. The molecule has 1 aromatic heterocycles. The number of hydrogen-bond acceptors (Lipinski definition) is 1. The summed E-state index contributed by atoms with van der Waals surface area (Å²) in [5.74, 6) is 1.85. The third kappa shape index (κ3) is 1.92. The van der Waals surface area contributed by atoms with Gasteiger partial charge in [-0.2, -0.15) is 0 Å². The Balaban J connectivity index is 1.94. The van der Waals surface area contributed by atoms with E-state index in [-0.39, 0.29) is 0 Å². The largest absolute Gasteiger partial charge is 0.496 e. The number of hydrogen-bond donors (Lipinski definition) is 0. The van der Waals surface area contributed by atoms with Gasteiger partial charge in [-0.15, -0.1) is 0 Å². The number of rotatable bonds is 3. The monoisotopic (exact) mass is 229 g/mol. The molecule has 1 aliphatic carbocycles. The molecule has 3 rings (SSSR count). The maximum Gasteiger partial charge on any atom is 0.128 e. The highest BCUT2D eigenvalue weighted by molar-refractivity contribution is 5.86. The molecule has 1 fully saturated rings. The van der Waals surface area contributed by atoms with E-state index in [2.05, 4.69) is 29.0 Å². The van der Waals surface area contributed by atoms with Crippen LogP contribution in [0, 0.1) is 5.92 Å². The summed E-state index contributed by atoms with van der Waals surface area (Å²) in [6.07, 6.45) is 7.80. The van der Waals surface area contributed by atoms with Crippen LogP contribution in [0.1, 0.15) is 25.7 Å². The van der Waals surface area contributed by atoms with Crippen molar-refractivity contribution in [2.24, 2.45) is 5.92 Å². The Morgan fingerprint density at radius 2 is 2.06 bits per heavy atom. The minimum absolute atomic E-state index is 0.872. The molecule has 2 heteroatoms. The summed E-state index contributed by atoms with van der Waals surface area (Å²) in [6.45, 7) is 1.16. The van der Waals surface area contributed by atoms with Crippen LogP contribution < -0.4 is 4.74 Å². The molecule has 0 radical (unpaired) electrons. The van der Waals surface area contributed by atoms with Gasteiger partial charge in [-0.1, -0.05) is 18.9 Å². The fourth-order valence-corrected chi connectivity index (χ4v) is 3.00. The lowest BCUT2D eigenvalue weighted by Crippen LogP contribution is -2.05. The fourth-order valence-electron chi connectivity index (χ4n) is 3.00. The Hall–Kier alpha value is -1.44. The van der Waals surface area contributed by atoms with E-state index in [0.29, 0.717) is 0 Å². The van der Waals surface area contributed by atoms with Crippen molar-refractivity contribution in [3.8, 4) is 5.75 Å². The third-order valence-corrected chi connectivity index (χ3v) is 3.92. The highest BCUT2D eigenvalue weighted by atomic mass is 16.5. The van der Waals surface area contributed by atoms with Gasteiger partial charge in [0.05, 0.1) is 12.6 Å². The van der Waals surface area contributed by atoms with Crippen molar-refractivity contribution in [3.05, 3.63) is 30.5 Å². The quantitative estimate of drug-likeness (QED) is 0.780. The lowest BCUT2D eigenvalue weighted by Gasteiger charge is -2.12. The first kappa shape index (κ1) is 10.7. The van der Waals surface area contributed by atoms with Crippen molar-refractivity contribution < 1.29 is 4.74 Å². The Labute approximate surface area is 102 Å². The molecule has 0 atom stereocenters. The molecule has 0 saturated heterocycles. The Kier molecular flexibility index (Phi) is 2.79. The molecule has 1 aromatic carbocycles. The number of methoxy groups -OCH3 is 1. The zero-order valence-corrected chi connectivity index (χ0v) is 10.4. The molecule has 2 aromatic rings. The van der Waals surface area contributed by atoms with Crippen molar-refractivity contribution in [1.82, 2.24) is 4.57 Å². The fraction of sp³-hybridized carbons (Fsp3) is 0.467. The third-order valence-electron chi connectivity index (χ3n) is 3.92. The van der Waals surface area contributed by atoms with E-state index >= 15 is 0 Å². The van der Waals surface area contributed by atoms with Crippen LogP contribution in [0.2, 0.25) is 0 Å². The van der Waals surface area contributed by atoms with E-state index in [1.807, 2.05) is 6.07 Å². The van der Waals surface area contributed by atoms with Crippen molar-refractivity contribution in [2.45, 2.75) is 32.2 Å². The molecule has 0 aliphatic heterocycles. The first-order valence-electron chi connectivity index (χ1n) is 6.50. The second kappa shape index (κ2) is 4.44. The highest BCUT2D eigenvalue weighted by Gasteiger charge is 2.16. The number of nitrogens with zero attached hydrogens (tertiary/aromatic N) is 1. The predicted octanol–water partition coefficient (Wildman–Crippen LogP) is 3.84. The molecule has 0 bridgehead atoms. The molecular weight excluding hydrogens is 210 g/mol. The number of fused-ring (bicyclic) bond motifs is 1. The number of aromatic nitrogens is 1. The number of benzene rings is 1. The van der Waals surface area contributed by atoms with Gasteiger partial charge in [0.25, 0.3) is 0 Å². The zero-order chi connectivity index (χ0) is 11.7. The molecule has 0 spiro atoms. The van der Waals surface area contributed by atoms with Gasteiger partial charge in [0.15, 0.2) is 0 Å². The van der Waals surface area contributed by atoms with Gasteiger partial charge >= 0.3 is 0 Å². The maximum atomic E-state index is 5.40. The summed E-state index contributed by atoms with van der Waals surface area (Å²) in [7, 11) is 1.74. The summed E-state index contributed by atoms with van der Waals surface area (Å²) in [6, 6.07) is 8.46. The molecule has 17 heavy (non-hydrogen) atoms. The minimum atomic E-state index is 0.872. The van der Waals surface area contributed by atoms with Gasteiger partial charge in [-0.05, 0) is 37.0 Å². The number of ether oxygens (including phenoxy) is 1. The predicted molar refractivity (Wildman–Crippen MR) is 70.4 cm³/mol. The summed E-state index contributed by atoms with van der Waals surface area (Å²) in [5, 5.41) is 1.23. The molecule has 0 unspecified atom stereocenters. The molecule has 1 heterocycles. The van der Waals surface area contributed by atoms with Crippen molar-refractivity contribution >= 4 is 10.9 Å². The highest BCUT2D eigenvalue weighted by Crippen LogP contribution is 2.30. The first-order chi connectivity index (χ1) is 8.38. The average Bonchev–Trinajstić information content (AvgIpc) is 2.99. The molecular formula is C15H19NO. The summed E-state index contributed by atoms with van der Waals surface area (Å²) in [5.41, 5.74) is 1.30. The van der Waals surface area contributed by atoms with Crippen LogP contribution in [-0.4, -0.2) is 11.7 Å². The normalized spacial score (nSPS) is 16.8. The van der Waals surface area contributed by atoms with Crippen LogP contribution in [0.15, 0.2) is 30.5 Å². The van der Waals surface area contributed by atoms with Crippen molar-refractivity contribution in [2.75, 3.05) is 7.11 Å². The first-order valence-corrected chi connectivity index (χ1v) is 6.50. The molecule has 0 amide bonds. The van der Waals surface area contributed by atoms with Crippen LogP contribution in [0.4, 0.5) is 0 Å². The van der Waals surface area contributed by atoms with E-state index in [1.165, 1.54) is 36.6 Å². The zero-order valence-electron chi connectivity index (χ0n) is 10.4. The standard InChI is InChI=1S/C15H19NO/c1-17-15-8-4-7-14-13(15)9-10-16(14)11-12-5-2-3-6-12/h4,7-10,12H,2-3,5-6,11H2,1H3.